The van der Waals surface area contributed by atoms with E-state index in [-0.39, 0.29) is 12.1 Å². The van der Waals surface area contributed by atoms with Crippen LogP contribution in [-0.2, 0) is 13.1 Å². The number of rotatable bonds is 6. The molecule has 0 saturated carbocycles. The van der Waals surface area contributed by atoms with Gasteiger partial charge in [-0.3, -0.25) is 0 Å². The molecule has 0 saturated heterocycles. The molecule has 0 fully saturated rings. The fraction of sp³-hybridized carbons (Fsp3) is 0.389. The van der Waals surface area contributed by atoms with Crippen molar-refractivity contribution in [1.82, 2.24) is 25.1 Å². The SMILES string of the molecule is C[C@@H](c1ccncn1)N(C)C(=O)NCc1cccc(CN(C)C)c1. The first-order valence-corrected chi connectivity index (χ1v) is 7.96. The van der Waals surface area contributed by atoms with Crippen molar-refractivity contribution in [3.8, 4) is 0 Å². The van der Waals surface area contributed by atoms with Gasteiger partial charge >= 0.3 is 6.03 Å². The molecule has 6 heteroatoms. The first-order chi connectivity index (χ1) is 11.5. The zero-order valence-corrected chi connectivity index (χ0v) is 14.7. The van der Waals surface area contributed by atoms with Crippen LogP contribution in [0.2, 0.25) is 0 Å². The van der Waals surface area contributed by atoms with Crippen LogP contribution in [0.25, 0.3) is 0 Å². The van der Waals surface area contributed by atoms with Crippen LogP contribution in [-0.4, -0.2) is 46.9 Å². The van der Waals surface area contributed by atoms with Crippen molar-refractivity contribution < 1.29 is 4.79 Å². The summed E-state index contributed by atoms with van der Waals surface area (Å²) in [5, 5.41) is 2.96. The van der Waals surface area contributed by atoms with Crippen molar-refractivity contribution >= 4 is 6.03 Å². The molecule has 0 unspecified atom stereocenters. The van der Waals surface area contributed by atoms with E-state index >= 15 is 0 Å². The largest absolute Gasteiger partial charge is 0.334 e. The monoisotopic (exact) mass is 327 g/mol. The topological polar surface area (TPSA) is 61.4 Å². The third-order valence-electron chi connectivity index (χ3n) is 3.87. The second kappa shape index (κ2) is 8.40. The van der Waals surface area contributed by atoms with Gasteiger partial charge < -0.3 is 15.1 Å². The van der Waals surface area contributed by atoms with E-state index in [1.54, 1.807) is 18.1 Å². The quantitative estimate of drug-likeness (QED) is 0.885. The fourth-order valence-corrected chi connectivity index (χ4v) is 2.43. The van der Waals surface area contributed by atoms with E-state index in [1.165, 1.54) is 11.9 Å². The van der Waals surface area contributed by atoms with Crippen LogP contribution < -0.4 is 5.32 Å². The lowest BCUT2D eigenvalue weighted by Crippen LogP contribution is -2.38. The molecule has 0 spiro atoms. The molecule has 1 aromatic heterocycles. The van der Waals surface area contributed by atoms with Crippen LogP contribution in [0.4, 0.5) is 4.79 Å². The minimum Gasteiger partial charge on any atom is -0.334 e. The highest BCUT2D eigenvalue weighted by molar-refractivity contribution is 5.74. The zero-order chi connectivity index (χ0) is 17.5. The third kappa shape index (κ3) is 5.03. The Bertz CT molecular complexity index is 659. The summed E-state index contributed by atoms with van der Waals surface area (Å²) >= 11 is 0. The van der Waals surface area contributed by atoms with Crippen molar-refractivity contribution in [1.29, 1.82) is 0 Å². The van der Waals surface area contributed by atoms with Crippen molar-refractivity contribution in [2.45, 2.75) is 26.1 Å². The van der Waals surface area contributed by atoms with Gasteiger partial charge in [0.25, 0.3) is 0 Å². The summed E-state index contributed by atoms with van der Waals surface area (Å²) in [7, 11) is 5.85. The summed E-state index contributed by atoms with van der Waals surface area (Å²) in [6.07, 6.45) is 3.18. The van der Waals surface area contributed by atoms with E-state index in [1.807, 2.05) is 39.2 Å². The molecule has 6 nitrogen and oxygen atoms in total. The molecule has 1 N–H and O–H groups in total. The van der Waals surface area contributed by atoms with Gasteiger partial charge in [-0.25, -0.2) is 14.8 Å². The van der Waals surface area contributed by atoms with Gasteiger partial charge in [0.1, 0.15) is 6.33 Å². The second-order valence-corrected chi connectivity index (χ2v) is 6.14. The average Bonchev–Trinajstić information content (AvgIpc) is 2.59. The van der Waals surface area contributed by atoms with Gasteiger partial charge in [-0.15, -0.1) is 0 Å². The molecule has 1 aromatic carbocycles. The summed E-state index contributed by atoms with van der Waals surface area (Å²) in [6, 6.07) is 9.83. The highest BCUT2D eigenvalue weighted by Crippen LogP contribution is 2.15. The van der Waals surface area contributed by atoms with Gasteiger partial charge in [-0.05, 0) is 38.2 Å². The molecule has 1 heterocycles. The summed E-state index contributed by atoms with van der Waals surface area (Å²) in [5.74, 6) is 0. The lowest BCUT2D eigenvalue weighted by atomic mass is 10.1. The normalized spacial score (nSPS) is 12.0. The summed E-state index contributed by atoms with van der Waals surface area (Å²) in [6.45, 7) is 3.33. The smallest absolute Gasteiger partial charge is 0.317 e. The lowest BCUT2D eigenvalue weighted by molar-refractivity contribution is 0.193. The summed E-state index contributed by atoms with van der Waals surface area (Å²) in [4.78, 5) is 24.2. The number of hydrogen-bond acceptors (Lipinski definition) is 4. The highest BCUT2D eigenvalue weighted by Gasteiger charge is 2.17. The number of nitrogens with zero attached hydrogens (tertiary/aromatic N) is 4. The average molecular weight is 327 g/mol. The van der Waals surface area contributed by atoms with E-state index in [9.17, 15) is 4.79 Å². The molecule has 24 heavy (non-hydrogen) atoms. The number of carbonyl (C=O) groups excluding carboxylic acids is 1. The van der Waals surface area contributed by atoms with Crippen molar-refractivity contribution in [3.63, 3.8) is 0 Å². The van der Waals surface area contributed by atoms with Crippen molar-refractivity contribution in [2.75, 3.05) is 21.1 Å². The maximum Gasteiger partial charge on any atom is 0.317 e. The molecular weight excluding hydrogens is 302 g/mol. The molecule has 0 aliphatic carbocycles. The number of carbonyl (C=O) groups is 1. The zero-order valence-electron chi connectivity index (χ0n) is 14.7. The standard InChI is InChI=1S/C18H25N5O/c1-14(17-8-9-19-13-21-17)23(4)18(24)20-11-15-6-5-7-16(10-15)12-22(2)3/h5-10,13-14H,11-12H2,1-4H3,(H,20,24)/t14-/m0/s1. The van der Waals surface area contributed by atoms with Gasteiger partial charge in [0.15, 0.2) is 0 Å². The van der Waals surface area contributed by atoms with E-state index in [0.29, 0.717) is 6.54 Å². The molecule has 0 aliphatic rings. The molecule has 2 aromatic rings. The number of hydrogen-bond donors (Lipinski definition) is 1. The first-order valence-electron chi connectivity index (χ1n) is 7.96. The fourth-order valence-electron chi connectivity index (χ4n) is 2.43. The predicted octanol–water partition coefficient (Wildman–Crippen LogP) is 2.44. The predicted molar refractivity (Wildman–Crippen MR) is 94.3 cm³/mol. The minimum absolute atomic E-state index is 0.118. The van der Waals surface area contributed by atoms with Gasteiger partial charge in [0.05, 0.1) is 11.7 Å². The summed E-state index contributed by atoms with van der Waals surface area (Å²) in [5.41, 5.74) is 3.14. The molecular formula is C18H25N5O. The van der Waals surface area contributed by atoms with Gasteiger partial charge in [0, 0.05) is 26.3 Å². The molecule has 2 amide bonds. The Kier molecular flexibility index (Phi) is 6.26. The molecule has 0 aliphatic heterocycles. The maximum absolute atomic E-state index is 12.4. The van der Waals surface area contributed by atoms with Gasteiger partial charge in [-0.2, -0.15) is 0 Å². The highest BCUT2D eigenvalue weighted by atomic mass is 16.2. The Morgan fingerprint density at radius 3 is 2.62 bits per heavy atom. The second-order valence-electron chi connectivity index (χ2n) is 6.14. The third-order valence-corrected chi connectivity index (χ3v) is 3.87. The Hall–Kier alpha value is -2.47. The number of nitrogens with one attached hydrogen (secondary N) is 1. The van der Waals surface area contributed by atoms with E-state index in [2.05, 4.69) is 32.3 Å². The Morgan fingerprint density at radius 2 is 1.96 bits per heavy atom. The first kappa shape index (κ1) is 17.9. The van der Waals surface area contributed by atoms with Crippen LogP contribution >= 0.6 is 0 Å². The van der Waals surface area contributed by atoms with Gasteiger partial charge in [0.2, 0.25) is 0 Å². The minimum atomic E-state index is -0.126. The Balaban J connectivity index is 1.93. The number of aromatic nitrogens is 2. The van der Waals surface area contributed by atoms with Gasteiger partial charge in [-0.1, -0.05) is 24.3 Å². The van der Waals surface area contributed by atoms with Crippen LogP contribution in [0.15, 0.2) is 42.9 Å². The maximum atomic E-state index is 12.4. The number of amides is 2. The van der Waals surface area contributed by atoms with Crippen LogP contribution in [0, 0.1) is 0 Å². The van der Waals surface area contributed by atoms with E-state index < -0.39 is 0 Å². The molecule has 0 radical (unpaired) electrons. The summed E-state index contributed by atoms with van der Waals surface area (Å²) < 4.78 is 0. The molecule has 128 valence electrons. The lowest BCUT2D eigenvalue weighted by Gasteiger charge is -2.24. The van der Waals surface area contributed by atoms with E-state index in [0.717, 1.165) is 17.8 Å². The Morgan fingerprint density at radius 1 is 1.21 bits per heavy atom. The van der Waals surface area contributed by atoms with Crippen LogP contribution in [0.3, 0.4) is 0 Å². The van der Waals surface area contributed by atoms with Crippen molar-refractivity contribution in [3.05, 3.63) is 59.7 Å². The van der Waals surface area contributed by atoms with Crippen LogP contribution in [0.5, 0.6) is 0 Å². The Labute approximate surface area is 143 Å². The van der Waals surface area contributed by atoms with Crippen LogP contribution in [0.1, 0.15) is 29.8 Å². The van der Waals surface area contributed by atoms with E-state index in [4.69, 9.17) is 0 Å². The molecule has 2 rings (SSSR count). The van der Waals surface area contributed by atoms with Crippen molar-refractivity contribution in [2.24, 2.45) is 0 Å². The molecule has 1 atom stereocenters. The number of benzene rings is 1. The molecule has 0 bridgehead atoms. The number of urea groups is 1.